The van der Waals surface area contributed by atoms with Crippen LogP contribution in [0.1, 0.15) is 25.3 Å². The third-order valence-electron chi connectivity index (χ3n) is 3.64. The van der Waals surface area contributed by atoms with Crippen LogP contribution in [-0.2, 0) is 11.2 Å². The van der Waals surface area contributed by atoms with Crippen molar-refractivity contribution in [3.8, 4) is 5.75 Å². The van der Waals surface area contributed by atoms with Gasteiger partial charge < -0.3 is 15.4 Å². The molecule has 2 N–H and O–H groups in total. The quantitative estimate of drug-likeness (QED) is 0.811. The van der Waals surface area contributed by atoms with Crippen LogP contribution in [-0.4, -0.2) is 32.1 Å². The first-order valence-corrected chi connectivity index (χ1v) is 7.47. The average Bonchev–Trinajstić information content (AvgIpc) is 2.94. The van der Waals surface area contributed by atoms with Gasteiger partial charge in [0.25, 0.3) is 0 Å². The Labute approximate surface area is 133 Å². The van der Waals surface area contributed by atoms with E-state index in [9.17, 15) is 4.79 Å². The number of rotatable bonds is 7. The largest absolute Gasteiger partial charge is 0.494 e. The molecule has 0 aliphatic carbocycles. The summed E-state index contributed by atoms with van der Waals surface area (Å²) in [5.41, 5.74) is 1.02. The Morgan fingerprint density at radius 1 is 1.38 bits per heavy atom. The molecule has 1 amide bonds. The maximum Gasteiger partial charge on any atom is 0.224 e. The Balaban J connectivity index is 0.00000220. The maximum absolute atomic E-state index is 11.8. The number of benzene rings is 1. The number of ether oxygens (including phenoxy) is 1. The zero-order valence-electron chi connectivity index (χ0n) is 12.6. The first-order valence-electron chi connectivity index (χ1n) is 7.47. The topological polar surface area (TPSA) is 50.4 Å². The molecule has 0 spiro atoms. The molecule has 0 bridgehead atoms. The standard InChI is InChI=1S/C16H24N2O2.ClH/c1-2-20-15-5-3-13(4-6-15)11-16(19)18-10-8-14-7-9-17-12-14;/h3-6,14,17H,2,7-12H2,1H3,(H,18,19);1H. The van der Waals surface area contributed by atoms with Crippen LogP contribution in [0, 0.1) is 5.92 Å². The van der Waals surface area contributed by atoms with Crippen LogP contribution in [0.25, 0.3) is 0 Å². The zero-order chi connectivity index (χ0) is 14.2. The van der Waals surface area contributed by atoms with Gasteiger partial charge in [-0.2, -0.15) is 0 Å². The van der Waals surface area contributed by atoms with Gasteiger partial charge in [0.15, 0.2) is 0 Å². The van der Waals surface area contributed by atoms with E-state index in [1.807, 2.05) is 31.2 Å². The molecular weight excluding hydrogens is 288 g/mol. The van der Waals surface area contributed by atoms with Gasteiger partial charge in [-0.25, -0.2) is 0 Å². The molecule has 1 aliphatic heterocycles. The highest BCUT2D eigenvalue weighted by molar-refractivity contribution is 5.85. The van der Waals surface area contributed by atoms with Gasteiger partial charge in [-0.05, 0) is 56.5 Å². The second kappa shape index (κ2) is 9.64. The molecule has 1 aromatic carbocycles. The van der Waals surface area contributed by atoms with Gasteiger partial charge in [0.05, 0.1) is 13.0 Å². The minimum absolute atomic E-state index is 0. The monoisotopic (exact) mass is 312 g/mol. The van der Waals surface area contributed by atoms with E-state index in [1.54, 1.807) is 0 Å². The van der Waals surface area contributed by atoms with E-state index in [2.05, 4.69) is 10.6 Å². The predicted octanol–water partition coefficient (Wildman–Crippen LogP) is 2.17. The highest BCUT2D eigenvalue weighted by Gasteiger charge is 2.14. The number of amides is 1. The van der Waals surface area contributed by atoms with Crippen molar-refractivity contribution in [1.82, 2.24) is 10.6 Å². The minimum Gasteiger partial charge on any atom is -0.494 e. The summed E-state index contributed by atoms with van der Waals surface area (Å²) < 4.78 is 5.38. The van der Waals surface area contributed by atoms with E-state index in [0.717, 1.165) is 43.3 Å². The lowest BCUT2D eigenvalue weighted by atomic mass is 10.1. The van der Waals surface area contributed by atoms with E-state index in [1.165, 1.54) is 6.42 Å². The van der Waals surface area contributed by atoms with Gasteiger partial charge >= 0.3 is 0 Å². The lowest BCUT2D eigenvalue weighted by Gasteiger charge is -2.09. The summed E-state index contributed by atoms with van der Waals surface area (Å²) in [5, 5.41) is 6.34. The number of halogens is 1. The molecule has 1 heterocycles. The van der Waals surface area contributed by atoms with Gasteiger partial charge in [-0.1, -0.05) is 12.1 Å². The summed E-state index contributed by atoms with van der Waals surface area (Å²) in [6.07, 6.45) is 2.74. The van der Waals surface area contributed by atoms with Crippen LogP contribution in [0.3, 0.4) is 0 Å². The Morgan fingerprint density at radius 2 is 2.14 bits per heavy atom. The third kappa shape index (κ3) is 6.36. The number of carbonyl (C=O) groups is 1. The fraction of sp³-hybridized carbons (Fsp3) is 0.562. The molecule has 0 aromatic heterocycles. The lowest BCUT2D eigenvalue weighted by Crippen LogP contribution is -2.27. The van der Waals surface area contributed by atoms with Crippen LogP contribution in [0.15, 0.2) is 24.3 Å². The van der Waals surface area contributed by atoms with Crippen molar-refractivity contribution < 1.29 is 9.53 Å². The summed E-state index contributed by atoms with van der Waals surface area (Å²) >= 11 is 0. The second-order valence-corrected chi connectivity index (χ2v) is 5.25. The van der Waals surface area contributed by atoms with Crippen LogP contribution in [0.5, 0.6) is 5.75 Å². The van der Waals surface area contributed by atoms with E-state index >= 15 is 0 Å². The third-order valence-corrected chi connectivity index (χ3v) is 3.64. The number of hydrogen-bond donors (Lipinski definition) is 2. The molecule has 5 heteroatoms. The SMILES string of the molecule is CCOc1ccc(CC(=O)NCCC2CCNC2)cc1.Cl. The molecule has 1 atom stereocenters. The molecule has 21 heavy (non-hydrogen) atoms. The van der Waals surface area contributed by atoms with E-state index < -0.39 is 0 Å². The summed E-state index contributed by atoms with van der Waals surface area (Å²) in [6.45, 7) is 5.61. The number of hydrogen-bond acceptors (Lipinski definition) is 3. The van der Waals surface area contributed by atoms with Gasteiger partial charge in [-0.15, -0.1) is 12.4 Å². The first kappa shape index (κ1) is 17.8. The molecule has 1 aliphatic rings. The van der Waals surface area contributed by atoms with Gasteiger partial charge in [-0.3, -0.25) is 4.79 Å². The van der Waals surface area contributed by atoms with Crippen molar-refractivity contribution in [2.24, 2.45) is 5.92 Å². The van der Waals surface area contributed by atoms with Crippen LogP contribution >= 0.6 is 12.4 Å². The van der Waals surface area contributed by atoms with Crippen molar-refractivity contribution in [2.75, 3.05) is 26.2 Å². The predicted molar refractivity (Wildman–Crippen MR) is 87.2 cm³/mol. The maximum atomic E-state index is 11.8. The molecule has 118 valence electrons. The molecule has 0 saturated carbocycles. The summed E-state index contributed by atoms with van der Waals surface area (Å²) in [7, 11) is 0. The summed E-state index contributed by atoms with van der Waals surface area (Å²) in [5.74, 6) is 1.67. The number of nitrogens with one attached hydrogen (secondary N) is 2. The molecule has 1 aromatic rings. The minimum atomic E-state index is 0. The van der Waals surface area contributed by atoms with Gasteiger partial charge in [0, 0.05) is 6.54 Å². The normalized spacial score (nSPS) is 17.1. The van der Waals surface area contributed by atoms with E-state index in [0.29, 0.717) is 13.0 Å². The highest BCUT2D eigenvalue weighted by atomic mass is 35.5. The van der Waals surface area contributed by atoms with Crippen molar-refractivity contribution >= 4 is 18.3 Å². The molecule has 1 saturated heterocycles. The van der Waals surface area contributed by atoms with Crippen molar-refractivity contribution in [1.29, 1.82) is 0 Å². The fourth-order valence-corrected chi connectivity index (χ4v) is 2.49. The Kier molecular flexibility index (Phi) is 8.16. The Morgan fingerprint density at radius 3 is 2.76 bits per heavy atom. The van der Waals surface area contributed by atoms with Gasteiger partial charge in [0.2, 0.25) is 5.91 Å². The van der Waals surface area contributed by atoms with Crippen molar-refractivity contribution in [3.05, 3.63) is 29.8 Å². The molecule has 1 fully saturated rings. The summed E-state index contributed by atoms with van der Waals surface area (Å²) in [4.78, 5) is 11.8. The van der Waals surface area contributed by atoms with E-state index in [4.69, 9.17) is 4.74 Å². The second-order valence-electron chi connectivity index (χ2n) is 5.25. The molecular formula is C16H25ClN2O2. The first-order chi connectivity index (χ1) is 9.78. The molecule has 1 unspecified atom stereocenters. The smallest absolute Gasteiger partial charge is 0.224 e. The zero-order valence-corrected chi connectivity index (χ0v) is 13.4. The molecule has 0 radical (unpaired) electrons. The van der Waals surface area contributed by atoms with E-state index in [-0.39, 0.29) is 18.3 Å². The average molecular weight is 313 g/mol. The number of carbonyl (C=O) groups excluding carboxylic acids is 1. The van der Waals surface area contributed by atoms with Gasteiger partial charge in [0.1, 0.15) is 5.75 Å². The van der Waals surface area contributed by atoms with Crippen LogP contribution in [0.2, 0.25) is 0 Å². The van der Waals surface area contributed by atoms with Crippen LogP contribution in [0.4, 0.5) is 0 Å². The molecule has 4 nitrogen and oxygen atoms in total. The Bertz CT molecular complexity index is 417. The highest BCUT2D eigenvalue weighted by Crippen LogP contribution is 2.13. The lowest BCUT2D eigenvalue weighted by molar-refractivity contribution is -0.120. The van der Waals surface area contributed by atoms with Crippen LogP contribution < -0.4 is 15.4 Å². The summed E-state index contributed by atoms with van der Waals surface area (Å²) in [6, 6.07) is 7.73. The Hall–Kier alpha value is -1.26. The van der Waals surface area contributed by atoms with Crippen molar-refractivity contribution in [2.45, 2.75) is 26.2 Å². The fourth-order valence-electron chi connectivity index (χ4n) is 2.49. The van der Waals surface area contributed by atoms with Crippen molar-refractivity contribution in [3.63, 3.8) is 0 Å². The molecule has 2 rings (SSSR count).